The molecule has 0 saturated carbocycles. The lowest BCUT2D eigenvalue weighted by Crippen LogP contribution is -2.09. The summed E-state index contributed by atoms with van der Waals surface area (Å²) in [4.78, 5) is 0. The summed E-state index contributed by atoms with van der Waals surface area (Å²) in [6.07, 6.45) is 4.84. The SMILES string of the molecule is Cc1cc(C(CCN)CCc2ccco2)c(C)n1C. The highest BCUT2D eigenvalue weighted by Gasteiger charge is 2.17. The molecule has 0 bridgehead atoms. The first-order valence-corrected chi connectivity index (χ1v) is 6.98. The van der Waals surface area contributed by atoms with Crippen LogP contribution in [-0.4, -0.2) is 11.1 Å². The Kier molecular flexibility index (Phi) is 4.48. The Morgan fingerprint density at radius 2 is 2.11 bits per heavy atom. The molecule has 1 atom stereocenters. The minimum absolute atomic E-state index is 0.523. The molecule has 1 unspecified atom stereocenters. The molecular formula is C16H24N2O. The Morgan fingerprint density at radius 1 is 1.32 bits per heavy atom. The minimum atomic E-state index is 0.523. The van der Waals surface area contributed by atoms with E-state index in [1.807, 2.05) is 12.1 Å². The number of hydrogen-bond donors (Lipinski definition) is 1. The van der Waals surface area contributed by atoms with Gasteiger partial charge in [-0.25, -0.2) is 0 Å². The van der Waals surface area contributed by atoms with E-state index in [-0.39, 0.29) is 0 Å². The number of aryl methyl sites for hydroxylation is 2. The Balaban J connectivity index is 2.12. The molecule has 104 valence electrons. The van der Waals surface area contributed by atoms with Crippen molar-refractivity contribution in [3.8, 4) is 0 Å². The average Bonchev–Trinajstić information content (AvgIpc) is 2.99. The van der Waals surface area contributed by atoms with E-state index in [1.54, 1.807) is 6.26 Å². The van der Waals surface area contributed by atoms with Crippen molar-refractivity contribution >= 4 is 0 Å². The van der Waals surface area contributed by atoms with E-state index in [9.17, 15) is 0 Å². The molecule has 0 aromatic carbocycles. The Labute approximate surface area is 115 Å². The van der Waals surface area contributed by atoms with Crippen LogP contribution in [0.1, 0.15) is 41.5 Å². The highest BCUT2D eigenvalue weighted by atomic mass is 16.3. The van der Waals surface area contributed by atoms with E-state index in [0.29, 0.717) is 5.92 Å². The first kappa shape index (κ1) is 13.9. The van der Waals surface area contributed by atoms with Crippen molar-refractivity contribution in [2.75, 3.05) is 6.54 Å². The topological polar surface area (TPSA) is 44.1 Å². The van der Waals surface area contributed by atoms with E-state index >= 15 is 0 Å². The largest absolute Gasteiger partial charge is 0.469 e. The monoisotopic (exact) mass is 260 g/mol. The van der Waals surface area contributed by atoms with Crippen LogP contribution in [0.2, 0.25) is 0 Å². The molecule has 19 heavy (non-hydrogen) atoms. The van der Waals surface area contributed by atoms with Gasteiger partial charge >= 0.3 is 0 Å². The van der Waals surface area contributed by atoms with Gasteiger partial charge in [-0.2, -0.15) is 0 Å². The van der Waals surface area contributed by atoms with Crippen molar-refractivity contribution in [1.29, 1.82) is 0 Å². The second-order valence-corrected chi connectivity index (χ2v) is 5.28. The summed E-state index contributed by atoms with van der Waals surface area (Å²) in [6, 6.07) is 6.30. The molecule has 2 N–H and O–H groups in total. The van der Waals surface area contributed by atoms with Crippen molar-refractivity contribution in [2.24, 2.45) is 12.8 Å². The fourth-order valence-corrected chi connectivity index (χ4v) is 2.73. The van der Waals surface area contributed by atoms with Crippen LogP contribution in [0.3, 0.4) is 0 Å². The van der Waals surface area contributed by atoms with Crippen LogP contribution in [0.4, 0.5) is 0 Å². The number of rotatable bonds is 6. The predicted molar refractivity (Wildman–Crippen MR) is 78.3 cm³/mol. The van der Waals surface area contributed by atoms with Gasteiger partial charge in [0.15, 0.2) is 0 Å². The lowest BCUT2D eigenvalue weighted by molar-refractivity contribution is 0.479. The number of nitrogens with zero attached hydrogens (tertiary/aromatic N) is 1. The molecule has 0 aliphatic heterocycles. The van der Waals surface area contributed by atoms with Crippen LogP contribution < -0.4 is 5.73 Å². The van der Waals surface area contributed by atoms with Crippen LogP contribution in [0.15, 0.2) is 28.9 Å². The fourth-order valence-electron chi connectivity index (χ4n) is 2.73. The second kappa shape index (κ2) is 6.11. The molecule has 3 heteroatoms. The lowest BCUT2D eigenvalue weighted by atomic mass is 9.90. The molecule has 0 spiro atoms. The molecule has 2 rings (SSSR count). The highest BCUT2D eigenvalue weighted by molar-refractivity contribution is 5.30. The van der Waals surface area contributed by atoms with E-state index in [2.05, 4.69) is 31.5 Å². The van der Waals surface area contributed by atoms with Gasteiger partial charge in [0, 0.05) is 24.9 Å². The van der Waals surface area contributed by atoms with Crippen molar-refractivity contribution < 1.29 is 4.42 Å². The van der Waals surface area contributed by atoms with Crippen LogP contribution in [0, 0.1) is 13.8 Å². The van der Waals surface area contributed by atoms with Gasteiger partial charge in [-0.15, -0.1) is 0 Å². The Hall–Kier alpha value is -1.48. The van der Waals surface area contributed by atoms with Gasteiger partial charge < -0.3 is 14.7 Å². The van der Waals surface area contributed by atoms with Crippen molar-refractivity contribution in [3.63, 3.8) is 0 Å². The van der Waals surface area contributed by atoms with Crippen molar-refractivity contribution in [3.05, 3.63) is 47.2 Å². The van der Waals surface area contributed by atoms with E-state index in [0.717, 1.165) is 31.6 Å². The fraction of sp³-hybridized carbons (Fsp3) is 0.500. The third-order valence-corrected chi connectivity index (χ3v) is 4.09. The maximum Gasteiger partial charge on any atom is 0.103 e. The highest BCUT2D eigenvalue weighted by Crippen LogP contribution is 2.29. The summed E-state index contributed by atoms with van der Waals surface area (Å²) in [7, 11) is 2.13. The quantitative estimate of drug-likeness (QED) is 0.866. The van der Waals surface area contributed by atoms with Crippen LogP contribution in [0.5, 0.6) is 0 Å². The third kappa shape index (κ3) is 3.10. The maximum atomic E-state index is 5.78. The molecule has 0 radical (unpaired) electrons. The van der Waals surface area contributed by atoms with Crippen LogP contribution in [-0.2, 0) is 13.5 Å². The number of aromatic nitrogens is 1. The van der Waals surface area contributed by atoms with E-state index in [4.69, 9.17) is 10.2 Å². The first-order valence-electron chi connectivity index (χ1n) is 6.98. The molecule has 2 heterocycles. The molecular weight excluding hydrogens is 236 g/mol. The van der Waals surface area contributed by atoms with Gasteiger partial charge in [0.05, 0.1) is 6.26 Å². The summed E-state index contributed by atoms with van der Waals surface area (Å²) < 4.78 is 7.68. The lowest BCUT2D eigenvalue weighted by Gasteiger charge is -2.16. The number of nitrogens with two attached hydrogens (primary N) is 1. The molecule has 0 fully saturated rings. The standard InChI is InChI=1S/C16H24N2O/c1-12-11-16(13(2)18(12)3)14(8-9-17)6-7-15-5-4-10-19-15/h4-5,10-11,14H,6-9,17H2,1-3H3. The summed E-state index contributed by atoms with van der Waals surface area (Å²) in [5.41, 5.74) is 9.89. The predicted octanol–water partition coefficient (Wildman–Crippen LogP) is 3.30. The second-order valence-electron chi connectivity index (χ2n) is 5.28. The summed E-state index contributed by atoms with van der Waals surface area (Å²) >= 11 is 0. The zero-order valence-electron chi connectivity index (χ0n) is 12.1. The van der Waals surface area contributed by atoms with Crippen molar-refractivity contribution in [2.45, 2.75) is 39.0 Å². The van der Waals surface area contributed by atoms with Gasteiger partial charge in [-0.05, 0) is 62.9 Å². The summed E-state index contributed by atoms with van der Waals surface area (Å²) in [5.74, 6) is 1.59. The molecule has 2 aromatic heterocycles. The van der Waals surface area contributed by atoms with Crippen LogP contribution >= 0.6 is 0 Å². The average molecular weight is 260 g/mol. The molecule has 0 saturated heterocycles. The van der Waals surface area contributed by atoms with Gasteiger partial charge in [0.1, 0.15) is 5.76 Å². The first-order chi connectivity index (χ1) is 9.13. The smallest absolute Gasteiger partial charge is 0.103 e. The van der Waals surface area contributed by atoms with Gasteiger partial charge in [0.2, 0.25) is 0 Å². The zero-order chi connectivity index (χ0) is 13.8. The molecule has 2 aromatic rings. The summed E-state index contributed by atoms with van der Waals surface area (Å²) in [6.45, 7) is 5.08. The van der Waals surface area contributed by atoms with E-state index < -0.39 is 0 Å². The third-order valence-electron chi connectivity index (χ3n) is 4.09. The Bertz CT molecular complexity index is 511. The van der Waals surface area contributed by atoms with E-state index in [1.165, 1.54) is 17.0 Å². The number of furan rings is 1. The maximum absolute atomic E-state index is 5.78. The van der Waals surface area contributed by atoms with Gasteiger partial charge in [0.25, 0.3) is 0 Å². The summed E-state index contributed by atoms with van der Waals surface area (Å²) in [5, 5.41) is 0. The minimum Gasteiger partial charge on any atom is -0.469 e. The van der Waals surface area contributed by atoms with Gasteiger partial charge in [-0.3, -0.25) is 0 Å². The van der Waals surface area contributed by atoms with Crippen molar-refractivity contribution in [1.82, 2.24) is 4.57 Å². The van der Waals surface area contributed by atoms with Gasteiger partial charge in [-0.1, -0.05) is 0 Å². The molecule has 0 aliphatic carbocycles. The molecule has 0 amide bonds. The molecule has 3 nitrogen and oxygen atoms in total. The van der Waals surface area contributed by atoms with Crippen LogP contribution in [0.25, 0.3) is 0 Å². The molecule has 0 aliphatic rings. The Morgan fingerprint density at radius 3 is 2.63 bits per heavy atom. The normalized spacial score (nSPS) is 12.8. The number of hydrogen-bond acceptors (Lipinski definition) is 2. The zero-order valence-corrected chi connectivity index (χ0v) is 12.1.